The van der Waals surface area contributed by atoms with E-state index in [9.17, 15) is 13.2 Å². The molecule has 2 aromatic rings. The van der Waals surface area contributed by atoms with Crippen molar-refractivity contribution in [3.8, 4) is 11.5 Å². The number of hydrogen-bond donors (Lipinski definition) is 1. The van der Waals surface area contributed by atoms with Crippen molar-refractivity contribution < 1.29 is 27.4 Å². The smallest absolute Gasteiger partial charge is 0.339 e. The van der Waals surface area contributed by atoms with Gasteiger partial charge in [0.15, 0.2) is 11.5 Å². The average Bonchev–Trinajstić information content (AvgIpc) is 2.63. The number of anilines is 1. The molecule has 8 heteroatoms. The maximum atomic E-state index is 12.7. The molecule has 0 aromatic heterocycles. The second-order valence-corrected chi connectivity index (χ2v) is 6.80. The first-order chi connectivity index (χ1) is 12.4. The lowest BCUT2D eigenvalue weighted by atomic mass is 10.2. The van der Waals surface area contributed by atoms with Crippen molar-refractivity contribution in [1.29, 1.82) is 0 Å². The molecular weight excluding hydrogens is 358 g/mol. The summed E-state index contributed by atoms with van der Waals surface area (Å²) in [5.74, 6) is 0.159. The monoisotopic (exact) mass is 379 g/mol. The number of carbonyl (C=O) groups is 1. The number of rotatable bonds is 8. The first kappa shape index (κ1) is 19.6. The fraction of sp³-hybridized carbons (Fsp3) is 0.278. The van der Waals surface area contributed by atoms with Crippen LogP contribution in [0.3, 0.4) is 0 Å². The molecule has 0 heterocycles. The van der Waals surface area contributed by atoms with Crippen LogP contribution in [0.4, 0.5) is 5.69 Å². The summed E-state index contributed by atoms with van der Waals surface area (Å²) in [6.07, 6.45) is 0. The first-order valence-electron chi connectivity index (χ1n) is 8.02. The molecule has 0 atom stereocenters. The second-order valence-electron chi connectivity index (χ2n) is 5.12. The molecule has 0 aliphatic heterocycles. The molecule has 0 aliphatic rings. The highest BCUT2D eigenvalue weighted by atomic mass is 32.2. The Hall–Kier alpha value is -2.74. The quantitative estimate of drug-likeness (QED) is 0.709. The molecule has 140 valence electrons. The molecule has 0 saturated heterocycles. The summed E-state index contributed by atoms with van der Waals surface area (Å²) < 4.78 is 43.5. The van der Waals surface area contributed by atoms with Crippen LogP contribution < -0.4 is 14.2 Å². The number of sulfonamides is 1. The molecule has 0 spiro atoms. The molecule has 26 heavy (non-hydrogen) atoms. The molecule has 0 amide bonds. The predicted octanol–water partition coefficient (Wildman–Crippen LogP) is 3.07. The molecule has 2 rings (SSSR count). The van der Waals surface area contributed by atoms with Gasteiger partial charge in [0.1, 0.15) is 0 Å². The molecule has 0 saturated carbocycles. The third kappa shape index (κ3) is 4.45. The summed E-state index contributed by atoms with van der Waals surface area (Å²) in [4.78, 5) is 11.8. The number of methoxy groups -OCH3 is 1. The van der Waals surface area contributed by atoms with Crippen LogP contribution in [0.1, 0.15) is 24.2 Å². The zero-order valence-corrected chi connectivity index (χ0v) is 15.6. The van der Waals surface area contributed by atoms with E-state index in [4.69, 9.17) is 9.47 Å². The molecule has 0 aliphatic carbocycles. The Morgan fingerprint density at radius 3 is 2.31 bits per heavy atom. The van der Waals surface area contributed by atoms with E-state index in [1.807, 2.05) is 6.92 Å². The van der Waals surface area contributed by atoms with Crippen LogP contribution in [0.5, 0.6) is 11.5 Å². The number of nitrogens with one attached hydrogen (secondary N) is 1. The summed E-state index contributed by atoms with van der Waals surface area (Å²) in [6, 6.07) is 10.5. The SMILES string of the molecule is CCOc1ccc(S(=O)(=O)Nc2ccccc2C(=O)OC)cc1OCC. The van der Waals surface area contributed by atoms with Gasteiger partial charge in [0, 0.05) is 6.07 Å². The Morgan fingerprint density at radius 1 is 1.00 bits per heavy atom. The highest BCUT2D eigenvalue weighted by Crippen LogP contribution is 2.31. The van der Waals surface area contributed by atoms with Crippen molar-refractivity contribution in [2.45, 2.75) is 18.7 Å². The lowest BCUT2D eigenvalue weighted by Crippen LogP contribution is -2.16. The number of carbonyl (C=O) groups excluding carboxylic acids is 1. The first-order valence-corrected chi connectivity index (χ1v) is 9.51. The molecular formula is C18H21NO6S. The lowest BCUT2D eigenvalue weighted by Gasteiger charge is -2.14. The van der Waals surface area contributed by atoms with Gasteiger partial charge in [-0.25, -0.2) is 13.2 Å². The number of hydrogen-bond acceptors (Lipinski definition) is 6. The number of benzene rings is 2. The zero-order valence-electron chi connectivity index (χ0n) is 14.8. The van der Waals surface area contributed by atoms with Crippen molar-refractivity contribution in [3.05, 3.63) is 48.0 Å². The van der Waals surface area contributed by atoms with Gasteiger partial charge in [0.25, 0.3) is 10.0 Å². The van der Waals surface area contributed by atoms with E-state index in [0.717, 1.165) is 0 Å². The molecule has 0 bridgehead atoms. The van der Waals surface area contributed by atoms with E-state index in [-0.39, 0.29) is 16.1 Å². The van der Waals surface area contributed by atoms with Gasteiger partial charge >= 0.3 is 5.97 Å². The summed E-state index contributed by atoms with van der Waals surface area (Å²) in [5.41, 5.74) is 0.251. The van der Waals surface area contributed by atoms with Gasteiger partial charge in [-0.15, -0.1) is 0 Å². The maximum absolute atomic E-state index is 12.7. The van der Waals surface area contributed by atoms with Crippen LogP contribution in [-0.2, 0) is 14.8 Å². The van der Waals surface area contributed by atoms with Gasteiger partial charge in [-0.2, -0.15) is 0 Å². The van der Waals surface area contributed by atoms with E-state index in [1.165, 1.54) is 37.4 Å². The standard InChI is InChI=1S/C18H21NO6S/c1-4-24-16-11-10-13(12-17(16)25-5-2)26(21,22)19-15-9-7-6-8-14(15)18(20)23-3/h6-12,19H,4-5H2,1-3H3. The van der Waals surface area contributed by atoms with E-state index in [2.05, 4.69) is 9.46 Å². The molecule has 2 aromatic carbocycles. The van der Waals surface area contributed by atoms with Crippen LogP contribution >= 0.6 is 0 Å². The third-order valence-corrected chi connectivity index (χ3v) is 4.77. The molecule has 0 unspecified atom stereocenters. The fourth-order valence-electron chi connectivity index (χ4n) is 2.26. The van der Waals surface area contributed by atoms with Crippen molar-refractivity contribution >= 4 is 21.7 Å². The lowest BCUT2D eigenvalue weighted by molar-refractivity contribution is 0.0602. The highest BCUT2D eigenvalue weighted by molar-refractivity contribution is 7.92. The Labute approximate surface area is 152 Å². The van der Waals surface area contributed by atoms with Crippen LogP contribution in [0, 0.1) is 0 Å². The van der Waals surface area contributed by atoms with Gasteiger partial charge in [-0.05, 0) is 38.1 Å². The largest absolute Gasteiger partial charge is 0.490 e. The van der Waals surface area contributed by atoms with E-state index >= 15 is 0 Å². The highest BCUT2D eigenvalue weighted by Gasteiger charge is 2.20. The zero-order chi connectivity index (χ0) is 19.2. The van der Waals surface area contributed by atoms with E-state index < -0.39 is 16.0 Å². The number of para-hydroxylation sites is 1. The van der Waals surface area contributed by atoms with Gasteiger partial charge in [-0.1, -0.05) is 12.1 Å². The maximum Gasteiger partial charge on any atom is 0.339 e. The summed E-state index contributed by atoms with van der Waals surface area (Å²) in [7, 11) is -2.71. The third-order valence-electron chi connectivity index (χ3n) is 3.40. The average molecular weight is 379 g/mol. The molecule has 1 N–H and O–H groups in total. The van der Waals surface area contributed by atoms with Gasteiger partial charge in [-0.3, -0.25) is 4.72 Å². The molecule has 7 nitrogen and oxygen atoms in total. The van der Waals surface area contributed by atoms with Crippen LogP contribution in [0.25, 0.3) is 0 Å². The van der Waals surface area contributed by atoms with Crippen molar-refractivity contribution in [2.24, 2.45) is 0 Å². The number of ether oxygens (including phenoxy) is 3. The topological polar surface area (TPSA) is 90.9 Å². The van der Waals surface area contributed by atoms with Crippen LogP contribution in [0.15, 0.2) is 47.4 Å². The van der Waals surface area contributed by atoms with Gasteiger partial charge < -0.3 is 14.2 Å². The minimum Gasteiger partial charge on any atom is -0.490 e. The summed E-state index contributed by atoms with van der Waals surface area (Å²) in [6.45, 7) is 4.41. The minimum atomic E-state index is -3.94. The van der Waals surface area contributed by atoms with Crippen LogP contribution in [-0.4, -0.2) is 34.7 Å². The Kier molecular flexibility index (Phi) is 6.46. The van der Waals surface area contributed by atoms with Crippen molar-refractivity contribution in [1.82, 2.24) is 0 Å². The Morgan fingerprint density at radius 2 is 1.65 bits per heavy atom. The fourth-order valence-corrected chi connectivity index (χ4v) is 3.36. The molecule has 0 fully saturated rings. The van der Waals surface area contributed by atoms with Gasteiger partial charge in [0.2, 0.25) is 0 Å². The summed E-state index contributed by atoms with van der Waals surface area (Å²) >= 11 is 0. The van der Waals surface area contributed by atoms with Crippen molar-refractivity contribution in [2.75, 3.05) is 25.0 Å². The Bertz CT molecular complexity index is 879. The minimum absolute atomic E-state index is 0.0101. The summed E-state index contributed by atoms with van der Waals surface area (Å²) in [5, 5.41) is 0. The van der Waals surface area contributed by atoms with E-state index in [1.54, 1.807) is 19.1 Å². The predicted molar refractivity (Wildman–Crippen MR) is 97.4 cm³/mol. The molecule has 0 radical (unpaired) electrons. The van der Waals surface area contributed by atoms with Crippen LogP contribution in [0.2, 0.25) is 0 Å². The van der Waals surface area contributed by atoms with Crippen molar-refractivity contribution in [3.63, 3.8) is 0 Å². The van der Waals surface area contributed by atoms with Gasteiger partial charge in [0.05, 0.1) is 36.5 Å². The van der Waals surface area contributed by atoms with E-state index in [0.29, 0.717) is 24.7 Å². The Balaban J connectivity index is 2.39. The second kappa shape index (κ2) is 8.57. The number of esters is 1. The normalized spacial score (nSPS) is 10.9.